The lowest BCUT2D eigenvalue weighted by molar-refractivity contribution is -0.119. The number of hydrogen-bond acceptors (Lipinski definition) is 4. The average Bonchev–Trinajstić information content (AvgIpc) is 2.34. The number of nitrogens with two attached hydrogens (primary N) is 1. The van der Waals surface area contributed by atoms with Gasteiger partial charge < -0.3 is 0 Å². The molecule has 0 saturated carbocycles. The number of hydrazine groups is 1. The van der Waals surface area contributed by atoms with E-state index in [-0.39, 0.29) is 6.54 Å². The first kappa shape index (κ1) is 15.5. The summed E-state index contributed by atoms with van der Waals surface area (Å²) in [5, 5.41) is 0. The second-order valence-corrected chi connectivity index (χ2v) is 6.49. The molecule has 0 fully saturated rings. The standard InChI is InChI=1S/C12H19N3O3S/c1-9(2)10-4-6-11(7-5-10)15(19(3,17)18)8-12(16)14-13/h4-7,9H,8,13H2,1-3H3,(H,14,16). The molecular formula is C12H19N3O3S. The minimum absolute atomic E-state index is 0.337. The number of carbonyl (C=O) groups is 1. The summed E-state index contributed by atoms with van der Waals surface area (Å²) in [5.74, 6) is 4.77. The number of nitrogens with one attached hydrogen (secondary N) is 1. The average molecular weight is 285 g/mol. The summed E-state index contributed by atoms with van der Waals surface area (Å²) < 4.78 is 24.4. The summed E-state index contributed by atoms with van der Waals surface area (Å²) in [4.78, 5) is 11.3. The molecule has 0 aliphatic carbocycles. The van der Waals surface area contributed by atoms with Crippen molar-refractivity contribution in [3.05, 3.63) is 29.8 Å². The molecular weight excluding hydrogens is 266 g/mol. The maximum Gasteiger partial charge on any atom is 0.254 e. The largest absolute Gasteiger partial charge is 0.293 e. The number of carbonyl (C=O) groups excluding carboxylic acids is 1. The molecule has 106 valence electrons. The lowest BCUT2D eigenvalue weighted by atomic mass is 10.0. The molecule has 0 radical (unpaired) electrons. The zero-order valence-electron chi connectivity index (χ0n) is 11.3. The molecule has 1 rings (SSSR count). The summed E-state index contributed by atoms with van der Waals surface area (Å²) in [6.07, 6.45) is 1.05. The van der Waals surface area contributed by atoms with Crippen LogP contribution in [0, 0.1) is 0 Å². The van der Waals surface area contributed by atoms with Crippen LogP contribution in [0.25, 0.3) is 0 Å². The number of rotatable bonds is 5. The maximum atomic E-state index is 11.7. The molecule has 0 saturated heterocycles. The van der Waals surface area contributed by atoms with Crippen LogP contribution in [0.1, 0.15) is 25.3 Å². The zero-order chi connectivity index (χ0) is 14.6. The molecule has 3 N–H and O–H groups in total. The highest BCUT2D eigenvalue weighted by Gasteiger charge is 2.20. The fourth-order valence-electron chi connectivity index (χ4n) is 1.60. The number of anilines is 1. The van der Waals surface area contributed by atoms with Crippen molar-refractivity contribution < 1.29 is 13.2 Å². The Bertz CT molecular complexity index is 538. The minimum atomic E-state index is -3.54. The SMILES string of the molecule is CC(C)c1ccc(N(CC(=O)NN)S(C)(=O)=O)cc1. The van der Waals surface area contributed by atoms with Gasteiger partial charge in [-0.2, -0.15) is 0 Å². The van der Waals surface area contributed by atoms with E-state index in [0.717, 1.165) is 16.1 Å². The second kappa shape index (κ2) is 6.03. The molecule has 7 heteroatoms. The van der Waals surface area contributed by atoms with Crippen LogP contribution >= 0.6 is 0 Å². The number of sulfonamides is 1. The Labute approximate surface area is 113 Å². The van der Waals surface area contributed by atoms with Crippen molar-refractivity contribution in [2.24, 2.45) is 5.84 Å². The van der Waals surface area contributed by atoms with Crippen molar-refractivity contribution >= 4 is 21.6 Å². The molecule has 0 atom stereocenters. The van der Waals surface area contributed by atoms with Gasteiger partial charge in [0.25, 0.3) is 5.91 Å². The first-order valence-corrected chi connectivity index (χ1v) is 7.67. The van der Waals surface area contributed by atoms with Crippen molar-refractivity contribution in [2.45, 2.75) is 19.8 Å². The molecule has 0 unspecified atom stereocenters. The van der Waals surface area contributed by atoms with Gasteiger partial charge in [0.05, 0.1) is 11.9 Å². The highest BCUT2D eigenvalue weighted by atomic mass is 32.2. The molecule has 0 spiro atoms. The van der Waals surface area contributed by atoms with E-state index in [0.29, 0.717) is 11.6 Å². The Morgan fingerprint density at radius 3 is 2.21 bits per heavy atom. The summed E-state index contributed by atoms with van der Waals surface area (Å²) >= 11 is 0. The number of hydrogen-bond donors (Lipinski definition) is 2. The summed E-state index contributed by atoms with van der Waals surface area (Å²) in [6, 6.07) is 7.05. The molecule has 0 aliphatic rings. The van der Waals surface area contributed by atoms with E-state index in [9.17, 15) is 13.2 Å². The molecule has 0 aromatic heterocycles. The van der Waals surface area contributed by atoms with Gasteiger partial charge in [-0.15, -0.1) is 0 Å². The van der Waals surface area contributed by atoms with Crippen LogP contribution in [-0.4, -0.2) is 27.1 Å². The highest BCUT2D eigenvalue weighted by molar-refractivity contribution is 7.92. The normalized spacial score (nSPS) is 11.4. The lowest BCUT2D eigenvalue weighted by Crippen LogP contribution is -2.42. The van der Waals surface area contributed by atoms with Crippen LogP contribution < -0.4 is 15.6 Å². The molecule has 19 heavy (non-hydrogen) atoms. The van der Waals surface area contributed by atoms with Crippen molar-refractivity contribution in [3.8, 4) is 0 Å². The van der Waals surface area contributed by atoms with Gasteiger partial charge in [-0.05, 0) is 23.6 Å². The number of nitrogens with zero attached hydrogens (tertiary/aromatic N) is 1. The zero-order valence-corrected chi connectivity index (χ0v) is 12.1. The van der Waals surface area contributed by atoms with Crippen molar-refractivity contribution in [1.82, 2.24) is 5.43 Å². The van der Waals surface area contributed by atoms with Gasteiger partial charge in [0, 0.05) is 0 Å². The third-order valence-electron chi connectivity index (χ3n) is 2.70. The van der Waals surface area contributed by atoms with E-state index in [1.807, 2.05) is 31.4 Å². The summed E-state index contributed by atoms with van der Waals surface area (Å²) in [6.45, 7) is 3.76. The fraction of sp³-hybridized carbons (Fsp3) is 0.417. The van der Waals surface area contributed by atoms with E-state index in [1.54, 1.807) is 12.1 Å². The third kappa shape index (κ3) is 4.22. The van der Waals surface area contributed by atoms with Gasteiger partial charge in [0.1, 0.15) is 6.54 Å². The predicted octanol–water partition coefficient (Wildman–Crippen LogP) is 0.566. The smallest absolute Gasteiger partial charge is 0.254 e. The van der Waals surface area contributed by atoms with Crippen molar-refractivity contribution in [2.75, 3.05) is 17.1 Å². The predicted molar refractivity (Wildman–Crippen MR) is 75.1 cm³/mol. The molecule has 1 aromatic carbocycles. The topological polar surface area (TPSA) is 92.5 Å². The number of benzene rings is 1. The maximum absolute atomic E-state index is 11.7. The molecule has 1 amide bonds. The van der Waals surface area contributed by atoms with Gasteiger partial charge in [-0.25, -0.2) is 14.3 Å². The van der Waals surface area contributed by atoms with E-state index in [4.69, 9.17) is 5.84 Å². The number of amides is 1. The highest BCUT2D eigenvalue weighted by Crippen LogP contribution is 2.21. The van der Waals surface area contributed by atoms with Crippen LogP contribution in [0.3, 0.4) is 0 Å². The summed E-state index contributed by atoms with van der Waals surface area (Å²) in [7, 11) is -3.54. The molecule has 0 heterocycles. The minimum Gasteiger partial charge on any atom is -0.293 e. The van der Waals surface area contributed by atoms with E-state index in [2.05, 4.69) is 0 Å². The summed E-state index contributed by atoms with van der Waals surface area (Å²) in [5.41, 5.74) is 3.46. The van der Waals surface area contributed by atoms with Gasteiger partial charge in [0.15, 0.2) is 0 Å². The fourth-order valence-corrected chi connectivity index (χ4v) is 2.46. The van der Waals surface area contributed by atoms with Gasteiger partial charge in [-0.1, -0.05) is 26.0 Å². The molecule has 0 aliphatic heterocycles. The van der Waals surface area contributed by atoms with Crippen LogP contribution in [0.2, 0.25) is 0 Å². The molecule has 6 nitrogen and oxygen atoms in total. The third-order valence-corrected chi connectivity index (χ3v) is 3.84. The lowest BCUT2D eigenvalue weighted by Gasteiger charge is -2.21. The van der Waals surface area contributed by atoms with Crippen LogP contribution in [0.5, 0.6) is 0 Å². The van der Waals surface area contributed by atoms with Crippen molar-refractivity contribution in [3.63, 3.8) is 0 Å². The quantitative estimate of drug-likeness (QED) is 0.470. The van der Waals surface area contributed by atoms with E-state index >= 15 is 0 Å². The molecule has 1 aromatic rings. The monoisotopic (exact) mass is 285 g/mol. The van der Waals surface area contributed by atoms with Crippen LogP contribution in [0.4, 0.5) is 5.69 Å². The van der Waals surface area contributed by atoms with Gasteiger partial charge in [-0.3, -0.25) is 14.5 Å². The first-order valence-electron chi connectivity index (χ1n) is 5.83. The second-order valence-electron chi connectivity index (χ2n) is 4.58. The Morgan fingerprint density at radius 1 is 1.32 bits per heavy atom. The van der Waals surface area contributed by atoms with Crippen molar-refractivity contribution in [1.29, 1.82) is 0 Å². The first-order chi connectivity index (χ1) is 8.75. The van der Waals surface area contributed by atoms with E-state index in [1.165, 1.54) is 0 Å². The van der Waals surface area contributed by atoms with Crippen LogP contribution in [-0.2, 0) is 14.8 Å². The van der Waals surface area contributed by atoms with Crippen LogP contribution in [0.15, 0.2) is 24.3 Å². The Kier molecular flexibility index (Phi) is 4.90. The Hall–Kier alpha value is -1.60. The Balaban J connectivity index is 3.08. The Morgan fingerprint density at radius 2 is 1.84 bits per heavy atom. The van der Waals surface area contributed by atoms with Gasteiger partial charge in [0.2, 0.25) is 10.0 Å². The van der Waals surface area contributed by atoms with Gasteiger partial charge >= 0.3 is 0 Å². The van der Waals surface area contributed by atoms with E-state index < -0.39 is 15.9 Å². The molecule has 0 bridgehead atoms.